The van der Waals surface area contributed by atoms with Gasteiger partial charge in [0, 0.05) is 16.3 Å². The molecule has 3 rings (SSSR count). The van der Waals surface area contributed by atoms with Crippen molar-refractivity contribution in [3.05, 3.63) is 58.1 Å². The van der Waals surface area contributed by atoms with Crippen molar-refractivity contribution in [2.45, 2.75) is 44.5 Å². The lowest BCUT2D eigenvalue weighted by Crippen LogP contribution is -2.33. The number of aliphatic carboxylic acids is 1. The summed E-state index contributed by atoms with van der Waals surface area (Å²) in [5.74, 6) is 1.19. The number of carbonyl (C=O) groups is 1. The molecule has 1 heterocycles. The summed E-state index contributed by atoms with van der Waals surface area (Å²) in [6.45, 7) is 9.35. The van der Waals surface area contributed by atoms with Gasteiger partial charge in [0.25, 0.3) is 0 Å². The summed E-state index contributed by atoms with van der Waals surface area (Å²) in [6.07, 6.45) is 0. The Bertz CT molecular complexity index is 913. The van der Waals surface area contributed by atoms with Gasteiger partial charge in [-0.15, -0.1) is 11.8 Å². The van der Waals surface area contributed by atoms with Gasteiger partial charge in [-0.25, -0.2) is 0 Å². The molecule has 2 unspecified atom stereocenters. The Labute approximate surface area is 187 Å². The van der Waals surface area contributed by atoms with Crippen molar-refractivity contribution in [1.29, 1.82) is 0 Å². The predicted molar refractivity (Wildman–Crippen MR) is 122 cm³/mol. The van der Waals surface area contributed by atoms with Crippen molar-refractivity contribution in [3.63, 3.8) is 0 Å². The third-order valence-electron chi connectivity index (χ3n) is 4.88. The smallest absolute Gasteiger partial charge is 0.321 e. The van der Waals surface area contributed by atoms with Gasteiger partial charge in [0.15, 0.2) is 0 Å². The number of benzene rings is 2. The van der Waals surface area contributed by atoms with Crippen LogP contribution >= 0.6 is 23.4 Å². The Balaban J connectivity index is 1.65. The second kappa shape index (κ2) is 9.50. The molecule has 1 fully saturated rings. The zero-order chi connectivity index (χ0) is 21.9. The number of hydrogen-bond donors (Lipinski definition) is 2. The number of rotatable bonds is 7. The SMILES string of the molecule is Cc1ccc(OCCOc2ccc(Cl)cc2C2NC(C(=O)O)CS2)c(C(C)(C)C)c1. The number of aryl methyl sites for hydroxylation is 1. The van der Waals surface area contributed by atoms with Gasteiger partial charge in [-0.2, -0.15) is 0 Å². The first-order chi connectivity index (χ1) is 14.1. The molecule has 0 aromatic heterocycles. The number of ether oxygens (including phenoxy) is 2. The zero-order valence-electron chi connectivity index (χ0n) is 17.7. The lowest BCUT2D eigenvalue weighted by atomic mass is 9.85. The van der Waals surface area contributed by atoms with Gasteiger partial charge in [0.1, 0.15) is 30.8 Å². The number of carboxylic acids is 1. The Morgan fingerprint density at radius 1 is 1.17 bits per heavy atom. The second-order valence-corrected chi connectivity index (χ2v) is 9.97. The Hall–Kier alpha value is -1.89. The van der Waals surface area contributed by atoms with Gasteiger partial charge in [-0.1, -0.05) is 50.1 Å². The average Bonchev–Trinajstić information content (AvgIpc) is 3.16. The third-order valence-corrected chi connectivity index (χ3v) is 6.36. The van der Waals surface area contributed by atoms with E-state index in [1.807, 2.05) is 24.3 Å². The maximum Gasteiger partial charge on any atom is 0.321 e. The van der Waals surface area contributed by atoms with Crippen LogP contribution in [0, 0.1) is 6.92 Å². The number of nitrogens with one attached hydrogen (secondary N) is 1. The fraction of sp³-hybridized carbons (Fsp3) is 0.435. The Kier molecular flexibility index (Phi) is 7.22. The highest BCUT2D eigenvalue weighted by atomic mass is 35.5. The van der Waals surface area contributed by atoms with E-state index in [2.05, 4.69) is 39.1 Å². The highest BCUT2D eigenvalue weighted by Crippen LogP contribution is 2.39. The van der Waals surface area contributed by atoms with Gasteiger partial charge in [0.05, 0.1) is 5.37 Å². The fourth-order valence-corrected chi connectivity index (χ4v) is 4.74. The van der Waals surface area contributed by atoms with E-state index in [1.54, 1.807) is 6.07 Å². The highest BCUT2D eigenvalue weighted by Gasteiger charge is 2.32. The topological polar surface area (TPSA) is 67.8 Å². The monoisotopic (exact) mass is 449 g/mol. The minimum Gasteiger partial charge on any atom is -0.490 e. The number of carboxylic acid groups (broad SMARTS) is 1. The summed E-state index contributed by atoms with van der Waals surface area (Å²) in [5.41, 5.74) is 3.20. The minimum atomic E-state index is -0.851. The first-order valence-corrected chi connectivity index (χ1v) is 11.3. The van der Waals surface area contributed by atoms with Crippen molar-refractivity contribution in [3.8, 4) is 11.5 Å². The summed E-state index contributed by atoms with van der Waals surface area (Å²) in [6, 6.07) is 11.1. The third kappa shape index (κ3) is 5.62. The molecule has 2 aromatic carbocycles. The maximum atomic E-state index is 11.2. The van der Waals surface area contributed by atoms with Crippen LogP contribution < -0.4 is 14.8 Å². The first kappa shape index (κ1) is 22.8. The minimum absolute atomic E-state index is 0.0163. The molecule has 1 saturated heterocycles. The van der Waals surface area contributed by atoms with Gasteiger partial charge in [0.2, 0.25) is 0 Å². The van der Waals surface area contributed by atoms with Crippen LogP contribution in [0.25, 0.3) is 0 Å². The van der Waals surface area contributed by atoms with Crippen molar-refractivity contribution >= 4 is 29.3 Å². The van der Waals surface area contributed by atoms with E-state index in [9.17, 15) is 9.90 Å². The van der Waals surface area contributed by atoms with Crippen molar-refractivity contribution in [2.75, 3.05) is 19.0 Å². The molecule has 162 valence electrons. The molecule has 0 amide bonds. The summed E-state index contributed by atoms with van der Waals surface area (Å²) < 4.78 is 12.0. The van der Waals surface area contributed by atoms with Gasteiger partial charge in [-0.3, -0.25) is 10.1 Å². The number of halogens is 1. The predicted octanol–water partition coefficient (Wildman–Crippen LogP) is 5.19. The molecule has 0 bridgehead atoms. The quantitative estimate of drug-likeness (QED) is 0.567. The van der Waals surface area contributed by atoms with Gasteiger partial charge < -0.3 is 14.6 Å². The van der Waals surface area contributed by atoms with Crippen molar-refractivity contribution in [1.82, 2.24) is 5.32 Å². The largest absolute Gasteiger partial charge is 0.490 e. The van der Waals surface area contributed by atoms with E-state index in [0.29, 0.717) is 29.7 Å². The van der Waals surface area contributed by atoms with E-state index in [4.69, 9.17) is 21.1 Å². The molecule has 0 spiro atoms. The van der Waals surface area contributed by atoms with Gasteiger partial charge in [-0.05, 0) is 42.2 Å². The van der Waals surface area contributed by atoms with E-state index in [1.165, 1.54) is 22.9 Å². The van der Waals surface area contributed by atoms with Crippen LogP contribution in [0.15, 0.2) is 36.4 Å². The summed E-state index contributed by atoms with van der Waals surface area (Å²) in [5, 5.41) is 12.8. The van der Waals surface area contributed by atoms with E-state index in [-0.39, 0.29) is 10.8 Å². The Morgan fingerprint density at radius 3 is 2.47 bits per heavy atom. The van der Waals surface area contributed by atoms with Crippen LogP contribution in [0.1, 0.15) is 42.8 Å². The standard InChI is InChI=1S/C23H28ClNO4S/c1-14-5-7-20(17(11-14)23(2,3)4)29-10-9-28-19-8-6-15(24)12-16(19)21-25-18(13-30-21)22(26)27/h5-8,11-12,18,21,25H,9-10,13H2,1-4H3,(H,26,27). The second-order valence-electron chi connectivity index (χ2n) is 8.40. The number of hydrogen-bond acceptors (Lipinski definition) is 5. The van der Waals surface area contributed by atoms with Crippen LogP contribution in [0.5, 0.6) is 11.5 Å². The Morgan fingerprint density at radius 2 is 1.83 bits per heavy atom. The van der Waals surface area contributed by atoms with E-state index < -0.39 is 12.0 Å². The molecule has 2 aromatic rings. The molecular weight excluding hydrogens is 422 g/mol. The lowest BCUT2D eigenvalue weighted by Gasteiger charge is -2.23. The van der Waals surface area contributed by atoms with Crippen LogP contribution in [0.2, 0.25) is 5.02 Å². The molecule has 5 nitrogen and oxygen atoms in total. The molecular formula is C23H28ClNO4S. The van der Waals surface area contributed by atoms with Crippen molar-refractivity contribution < 1.29 is 19.4 Å². The molecule has 0 saturated carbocycles. The molecule has 0 aliphatic carbocycles. The maximum absolute atomic E-state index is 11.2. The highest BCUT2D eigenvalue weighted by molar-refractivity contribution is 7.99. The molecule has 1 aliphatic heterocycles. The molecule has 1 aliphatic rings. The van der Waals surface area contributed by atoms with E-state index in [0.717, 1.165) is 11.3 Å². The summed E-state index contributed by atoms with van der Waals surface area (Å²) in [4.78, 5) is 11.2. The average molecular weight is 450 g/mol. The van der Waals surface area contributed by atoms with Crippen molar-refractivity contribution in [2.24, 2.45) is 0 Å². The van der Waals surface area contributed by atoms with E-state index >= 15 is 0 Å². The zero-order valence-corrected chi connectivity index (χ0v) is 19.3. The van der Waals surface area contributed by atoms with Crippen LogP contribution in [0.4, 0.5) is 0 Å². The normalized spacial score (nSPS) is 19.0. The fourth-order valence-electron chi connectivity index (χ4n) is 3.31. The molecule has 2 N–H and O–H groups in total. The molecule has 0 radical (unpaired) electrons. The first-order valence-electron chi connectivity index (χ1n) is 9.92. The van der Waals surface area contributed by atoms with Crippen LogP contribution in [0.3, 0.4) is 0 Å². The summed E-state index contributed by atoms with van der Waals surface area (Å²) >= 11 is 7.71. The van der Waals surface area contributed by atoms with Crippen LogP contribution in [-0.2, 0) is 10.2 Å². The molecule has 30 heavy (non-hydrogen) atoms. The summed E-state index contributed by atoms with van der Waals surface area (Å²) in [7, 11) is 0. The van der Waals surface area contributed by atoms with Gasteiger partial charge >= 0.3 is 5.97 Å². The lowest BCUT2D eigenvalue weighted by molar-refractivity contribution is -0.138. The number of thioether (sulfide) groups is 1. The molecule has 2 atom stereocenters. The van der Waals surface area contributed by atoms with Crippen LogP contribution in [-0.4, -0.2) is 36.1 Å². The molecule has 7 heteroatoms.